The summed E-state index contributed by atoms with van der Waals surface area (Å²) in [6.07, 6.45) is 1.55. The van der Waals surface area contributed by atoms with Crippen LogP contribution in [0.5, 0.6) is 0 Å². The van der Waals surface area contributed by atoms with E-state index in [-0.39, 0.29) is 43.6 Å². The van der Waals surface area contributed by atoms with E-state index in [1.54, 1.807) is 36.4 Å². The van der Waals surface area contributed by atoms with E-state index in [1.165, 1.54) is 10.8 Å². The number of carbonyl (C=O) groups is 2. The first-order valence-corrected chi connectivity index (χ1v) is 7.82. The van der Waals surface area contributed by atoms with E-state index < -0.39 is 5.76 Å². The predicted octanol–water partition coefficient (Wildman–Crippen LogP) is 1.12. The van der Waals surface area contributed by atoms with Crippen LogP contribution in [0, 0.1) is 0 Å². The molecule has 3 rings (SSSR count). The largest absolute Gasteiger partial charge is 0.459 e. The zero-order chi connectivity index (χ0) is 17.6. The average Bonchev–Trinajstić information content (AvgIpc) is 3.24. The minimum atomic E-state index is -0.486. The summed E-state index contributed by atoms with van der Waals surface area (Å²) in [6.45, 7) is 0.784. The van der Waals surface area contributed by atoms with Crippen molar-refractivity contribution in [3.63, 3.8) is 0 Å². The van der Waals surface area contributed by atoms with Gasteiger partial charge >= 0.3 is 5.76 Å². The molecular formula is C17H17N3O5. The van der Waals surface area contributed by atoms with Crippen molar-refractivity contribution in [1.82, 2.24) is 15.2 Å². The zero-order valence-corrected chi connectivity index (χ0v) is 13.4. The molecule has 2 aromatic heterocycles. The Balaban J connectivity index is 1.43. The maximum Gasteiger partial charge on any atom is 0.419 e. The Morgan fingerprint density at radius 2 is 1.84 bits per heavy atom. The van der Waals surface area contributed by atoms with Crippen molar-refractivity contribution in [1.29, 1.82) is 0 Å². The van der Waals surface area contributed by atoms with Crippen LogP contribution in [0.1, 0.15) is 17.0 Å². The van der Waals surface area contributed by atoms with Gasteiger partial charge in [-0.15, -0.1) is 0 Å². The van der Waals surface area contributed by atoms with Crippen molar-refractivity contribution in [3.8, 4) is 0 Å². The Labute approximate surface area is 142 Å². The van der Waals surface area contributed by atoms with Gasteiger partial charge in [0, 0.05) is 26.1 Å². The highest BCUT2D eigenvalue weighted by Gasteiger charge is 2.11. The normalized spacial score (nSPS) is 10.7. The number of oxazole rings is 1. The van der Waals surface area contributed by atoms with Gasteiger partial charge < -0.3 is 19.5 Å². The van der Waals surface area contributed by atoms with Gasteiger partial charge in [0.2, 0.25) is 5.91 Å². The van der Waals surface area contributed by atoms with Crippen molar-refractivity contribution in [2.75, 3.05) is 13.1 Å². The topological polar surface area (TPSA) is 106 Å². The molecule has 1 aromatic carbocycles. The quantitative estimate of drug-likeness (QED) is 0.625. The molecule has 0 aliphatic heterocycles. The first-order valence-electron chi connectivity index (χ1n) is 7.82. The van der Waals surface area contributed by atoms with E-state index in [1.807, 2.05) is 0 Å². The number of hydrogen-bond donors (Lipinski definition) is 2. The summed E-state index contributed by atoms with van der Waals surface area (Å²) in [6, 6.07) is 10.2. The number of nitrogens with zero attached hydrogens (tertiary/aromatic N) is 1. The summed E-state index contributed by atoms with van der Waals surface area (Å²) in [5.74, 6) is -0.822. The average molecular weight is 343 g/mol. The molecule has 0 radical (unpaired) electrons. The monoisotopic (exact) mass is 343 g/mol. The molecule has 8 heteroatoms. The lowest BCUT2D eigenvalue weighted by Crippen LogP contribution is -2.35. The highest BCUT2D eigenvalue weighted by molar-refractivity contribution is 5.91. The third-order valence-corrected chi connectivity index (χ3v) is 3.61. The van der Waals surface area contributed by atoms with E-state index in [9.17, 15) is 14.4 Å². The fraction of sp³-hybridized carbons (Fsp3) is 0.235. The molecule has 0 bridgehead atoms. The predicted molar refractivity (Wildman–Crippen MR) is 89.1 cm³/mol. The molecule has 130 valence electrons. The van der Waals surface area contributed by atoms with Crippen LogP contribution in [0.2, 0.25) is 0 Å². The van der Waals surface area contributed by atoms with Crippen molar-refractivity contribution >= 4 is 22.9 Å². The molecule has 2 N–H and O–H groups in total. The Hall–Kier alpha value is -3.29. The molecule has 3 aromatic rings. The minimum absolute atomic E-state index is 0.134. The summed E-state index contributed by atoms with van der Waals surface area (Å²) in [4.78, 5) is 35.3. The van der Waals surface area contributed by atoms with Gasteiger partial charge in [-0.1, -0.05) is 12.1 Å². The Morgan fingerprint density at radius 1 is 1.04 bits per heavy atom. The smallest absolute Gasteiger partial charge is 0.419 e. The second-order valence-corrected chi connectivity index (χ2v) is 5.32. The maximum absolute atomic E-state index is 11.9. The number of nitrogens with one attached hydrogen (secondary N) is 2. The molecule has 0 saturated carbocycles. The van der Waals surface area contributed by atoms with Crippen LogP contribution in [-0.2, 0) is 11.3 Å². The van der Waals surface area contributed by atoms with Crippen molar-refractivity contribution in [3.05, 3.63) is 59.0 Å². The van der Waals surface area contributed by atoms with Crippen LogP contribution in [0.4, 0.5) is 0 Å². The van der Waals surface area contributed by atoms with Crippen LogP contribution < -0.4 is 16.4 Å². The van der Waals surface area contributed by atoms with Crippen molar-refractivity contribution in [2.45, 2.75) is 13.0 Å². The number of aromatic nitrogens is 1. The van der Waals surface area contributed by atoms with E-state index in [0.717, 1.165) is 0 Å². The van der Waals surface area contributed by atoms with Crippen LogP contribution in [0.25, 0.3) is 11.1 Å². The Kier molecular flexibility index (Phi) is 4.98. The van der Waals surface area contributed by atoms with Crippen LogP contribution >= 0.6 is 0 Å². The van der Waals surface area contributed by atoms with Crippen LogP contribution in [0.15, 0.2) is 56.3 Å². The molecule has 0 aliphatic carbocycles. The third-order valence-electron chi connectivity index (χ3n) is 3.61. The number of furan rings is 1. The molecule has 2 heterocycles. The van der Waals surface area contributed by atoms with Crippen LogP contribution in [-0.4, -0.2) is 29.5 Å². The van der Waals surface area contributed by atoms with E-state index in [0.29, 0.717) is 11.1 Å². The molecule has 2 amide bonds. The number of benzene rings is 1. The molecule has 25 heavy (non-hydrogen) atoms. The molecular weight excluding hydrogens is 326 g/mol. The van der Waals surface area contributed by atoms with E-state index in [4.69, 9.17) is 8.83 Å². The van der Waals surface area contributed by atoms with Gasteiger partial charge in [0.1, 0.15) is 0 Å². The summed E-state index contributed by atoms with van der Waals surface area (Å²) < 4.78 is 11.5. The lowest BCUT2D eigenvalue weighted by Gasteiger charge is -2.06. The summed E-state index contributed by atoms with van der Waals surface area (Å²) in [5.41, 5.74) is 1.15. The van der Waals surface area contributed by atoms with Gasteiger partial charge in [-0.25, -0.2) is 4.79 Å². The highest BCUT2D eigenvalue weighted by Crippen LogP contribution is 2.11. The third kappa shape index (κ3) is 3.97. The molecule has 0 aliphatic rings. The lowest BCUT2D eigenvalue weighted by molar-refractivity contribution is -0.121. The number of amides is 2. The zero-order valence-electron chi connectivity index (χ0n) is 13.4. The minimum Gasteiger partial charge on any atom is -0.459 e. The number of rotatable bonds is 7. The summed E-state index contributed by atoms with van der Waals surface area (Å²) in [7, 11) is 0. The highest BCUT2D eigenvalue weighted by atomic mass is 16.4. The number of hydrogen-bond acceptors (Lipinski definition) is 5. The Morgan fingerprint density at radius 3 is 2.64 bits per heavy atom. The van der Waals surface area contributed by atoms with Gasteiger partial charge in [-0.05, 0) is 24.3 Å². The lowest BCUT2D eigenvalue weighted by atomic mass is 10.3. The first-order chi connectivity index (χ1) is 12.1. The van der Waals surface area contributed by atoms with Gasteiger partial charge in [0.15, 0.2) is 11.3 Å². The van der Waals surface area contributed by atoms with Crippen molar-refractivity contribution < 1.29 is 18.4 Å². The van der Waals surface area contributed by atoms with E-state index >= 15 is 0 Å². The second kappa shape index (κ2) is 7.52. The maximum atomic E-state index is 11.9. The molecule has 0 spiro atoms. The molecule has 0 fully saturated rings. The summed E-state index contributed by atoms with van der Waals surface area (Å²) in [5, 5.41) is 5.31. The Bertz CT molecular complexity index is 923. The van der Waals surface area contributed by atoms with Crippen molar-refractivity contribution in [2.24, 2.45) is 0 Å². The SMILES string of the molecule is O=C(CCn1c(=O)oc2ccccc21)NCCNC(=O)c1ccco1. The fourth-order valence-corrected chi connectivity index (χ4v) is 2.40. The fourth-order valence-electron chi connectivity index (χ4n) is 2.40. The first kappa shape index (κ1) is 16.6. The standard InChI is InChI=1S/C17H17N3O5/c21-15(18-8-9-19-16(22)14-6-3-11-24-14)7-10-20-12-4-1-2-5-13(12)25-17(20)23/h1-6,11H,7-10H2,(H,18,21)(H,19,22). The van der Waals surface area contributed by atoms with Crippen LogP contribution in [0.3, 0.4) is 0 Å². The second-order valence-electron chi connectivity index (χ2n) is 5.32. The van der Waals surface area contributed by atoms with E-state index in [2.05, 4.69) is 10.6 Å². The van der Waals surface area contributed by atoms with Gasteiger partial charge in [-0.2, -0.15) is 0 Å². The van der Waals surface area contributed by atoms with Gasteiger partial charge in [0.25, 0.3) is 5.91 Å². The number of para-hydroxylation sites is 2. The molecule has 0 unspecified atom stereocenters. The molecule has 8 nitrogen and oxygen atoms in total. The number of carbonyl (C=O) groups excluding carboxylic acids is 2. The summed E-state index contributed by atoms with van der Waals surface area (Å²) >= 11 is 0. The molecule has 0 saturated heterocycles. The van der Waals surface area contributed by atoms with Gasteiger partial charge in [-0.3, -0.25) is 14.2 Å². The molecule has 0 atom stereocenters. The number of fused-ring (bicyclic) bond motifs is 1. The van der Waals surface area contributed by atoms with Gasteiger partial charge in [0.05, 0.1) is 11.8 Å². The number of aryl methyl sites for hydroxylation is 1.